The highest BCUT2D eigenvalue weighted by Crippen LogP contribution is 2.14. The average molecular weight is 400 g/mol. The van der Waals surface area contributed by atoms with Crippen molar-refractivity contribution in [2.45, 2.75) is 64.0 Å². The summed E-state index contributed by atoms with van der Waals surface area (Å²) in [5.41, 5.74) is 1.41. The molecular formula is C24H41N5. The Morgan fingerprint density at radius 1 is 0.931 bits per heavy atom. The minimum Gasteiger partial charge on any atom is -0.356 e. The van der Waals surface area contributed by atoms with E-state index in [1.807, 2.05) is 7.05 Å². The van der Waals surface area contributed by atoms with Crippen molar-refractivity contribution in [2.75, 3.05) is 46.3 Å². The molecule has 2 aliphatic rings. The quantitative estimate of drug-likeness (QED) is 0.379. The zero-order valence-electron chi connectivity index (χ0n) is 18.4. The van der Waals surface area contributed by atoms with Gasteiger partial charge in [-0.2, -0.15) is 0 Å². The van der Waals surface area contributed by atoms with E-state index in [4.69, 9.17) is 0 Å². The molecule has 1 aromatic carbocycles. The van der Waals surface area contributed by atoms with Crippen molar-refractivity contribution in [3.63, 3.8) is 0 Å². The Hall–Kier alpha value is -1.59. The van der Waals surface area contributed by atoms with Crippen LogP contribution >= 0.6 is 0 Å². The van der Waals surface area contributed by atoms with Gasteiger partial charge in [-0.25, -0.2) is 0 Å². The van der Waals surface area contributed by atoms with Gasteiger partial charge in [0.15, 0.2) is 5.96 Å². The van der Waals surface area contributed by atoms with Crippen molar-refractivity contribution in [2.24, 2.45) is 4.99 Å². The standard InChI is InChI=1S/C24H41N5/c1-25-24(26-15-7-3-8-16-28-17-9-4-10-18-28)27-23-13-19-29(20-14-23)21-22-11-5-2-6-12-22/h2,5-6,11-12,23H,3-4,7-10,13-21H2,1H3,(H2,25,26,27). The maximum absolute atomic E-state index is 4.43. The van der Waals surface area contributed by atoms with E-state index in [0.717, 1.165) is 32.1 Å². The van der Waals surface area contributed by atoms with E-state index < -0.39 is 0 Å². The van der Waals surface area contributed by atoms with Gasteiger partial charge < -0.3 is 15.5 Å². The lowest BCUT2D eigenvalue weighted by atomic mass is 10.0. The Bertz CT molecular complexity index is 574. The van der Waals surface area contributed by atoms with E-state index in [-0.39, 0.29) is 0 Å². The molecule has 2 aliphatic heterocycles. The molecule has 1 aromatic rings. The summed E-state index contributed by atoms with van der Waals surface area (Å²) in [6, 6.07) is 11.3. The molecule has 5 nitrogen and oxygen atoms in total. The first kappa shape index (κ1) is 22.1. The number of guanidine groups is 1. The maximum atomic E-state index is 4.43. The molecule has 0 radical (unpaired) electrons. The van der Waals surface area contributed by atoms with E-state index in [1.54, 1.807) is 0 Å². The molecule has 3 rings (SSSR count). The lowest BCUT2D eigenvalue weighted by molar-refractivity contribution is 0.198. The van der Waals surface area contributed by atoms with Crippen LogP contribution in [-0.2, 0) is 6.54 Å². The van der Waals surface area contributed by atoms with Crippen molar-refractivity contribution in [1.29, 1.82) is 0 Å². The van der Waals surface area contributed by atoms with Crippen LogP contribution in [-0.4, -0.2) is 68.1 Å². The fourth-order valence-electron chi connectivity index (χ4n) is 4.49. The molecule has 0 amide bonds. The second-order valence-electron chi connectivity index (χ2n) is 8.64. The number of piperidine rings is 2. The number of benzene rings is 1. The predicted molar refractivity (Wildman–Crippen MR) is 123 cm³/mol. The number of nitrogens with one attached hydrogen (secondary N) is 2. The third-order valence-electron chi connectivity index (χ3n) is 6.29. The number of likely N-dealkylation sites (tertiary alicyclic amines) is 2. The first-order chi connectivity index (χ1) is 14.3. The van der Waals surface area contributed by atoms with E-state index in [9.17, 15) is 0 Å². The Labute approximate surface area is 178 Å². The third-order valence-corrected chi connectivity index (χ3v) is 6.29. The van der Waals surface area contributed by atoms with Crippen LogP contribution in [0.15, 0.2) is 35.3 Å². The van der Waals surface area contributed by atoms with Crippen LogP contribution in [0.5, 0.6) is 0 Å². The minimum atomic E-state index is 0.535. The Balaban J connectivity index is 1.24. The highest BCUT2D eigenvalue weighted by Gasteiger charge is 2.20. The van der Waals surface area contributed by atoms with Gasteiger partial charge in [-0.15, -0.1) is 0 Å². The summed E-state index contributed by atoms with van der Waals surface area (Å²) >= 11 is 0. The van der Waals surface area contributed by atoms with Crippen molar-refractivity contribution in [1.82, 2.24) is 20.4 Å². The molecule has 5 heteroatoms. The lowest BCUT2D eigenvalue weighted by Gasteiger charge is -2.33. The zero-order valence-corrected chi connectivity index (χ0v) is 18.4. The van der Waals surface area contributed by atoms with Crippen LogP contribution in [0.3, 0.4) is 0 Å². The summed E-state index contributed by atoms with van der Waals surface area (Å²) in [4.78, 5) is 9.63. The van der Waals surface area contributed by atoms with Gasteiger partial charge in [0.25, 0.3) is 0 Å². The smallest absolute Gasteiger partial charge is 0.191 e. The molecule has 0 bridgehead atoms. The van der Waals surface area contributed by atoms with Crippen molar-refractivity contribution in [3.8, 4) is 0 Å². The topological polar surface area (TPSA) is 42.9 Å². The van der Waals surface area contributed by atoms with Gasteiger partial charge >= 0.3 is 0 Å². The van der Waals surface area contributed by atoms with Crippen molar-refractivity contribution < 1.29 is 0 Å². The lowest BCUT2D eigenvalue weighted by Crippen LogP contribution is -2.48. The molecular weight excluding hydrogens is 358 g/mol. The van der Waals surface area contributed by atoms with Crippen LogP contribution in [0.4, 0.5) is 0 Å². The Morgan fingerprint density at radius 3 is 2.41 bits per heavy atom. The number of unbranched alkanes of at least 4 members (excludes halogenated alkanes) is 2. The summed E-state index contributed by atoms with van der Waals surface area (Å²) in [6.07, 6.45) is 10.4. The normalized spacial score (nSPS) is 20.0. The zero-order chi connectivity index (χ0) is 20.2. The van der Waals surface area contributed by atoms with Gasteiger partial charge in [0.1, 0.15) is 0 Å². The summed E-state index contributed by atoms with van der Waals surface area (Å²) in [5.74, 6) is 0.975. The van der Waals surface area contributed by atoms with Crippen molar-refractivity contribution in [3.05, 3.63) is 35.9 Å². The molecule has 2 fully saturated rings. The van der Waals surface area contributed by atoms with E-state index in [1.165, 1.54) is 76.6 Å². The minimum absolute atomic E-state index is 0.535. The maximum Gasteiger partial charge on any atom is 0.191 e. The first-order valence-electron chi connectivity index (χ1n) is 11.8. The molecule has 0 spiro atoms. The van der Waals surface area contributed by atoms with E-state index in [2.05, 4.69) is 55.8 Å². The molecule has 0 atom stereocenters. The highest BCUT2D eigenvalue weighted by atomic mass is 15.2. The second-order valence-corrected chi connectivity index (χ2v) is 8.64. The number of hydrogen-bond acceptors (Lipinski definition) is 3. The Morgan fingerprint density at radius 2 is 1.69 bits per heavy atom. The number of aliphatic imine (C=N–C) groups is 1. The second kappa shape index (κ2) is 12.9. The van der Waals surface area contributed by atoms with Gasteiger partial charge in [-0.1, -0.05) is 43.2 Å². The summed E-state index contributed by atoms with van der Waals surface area (Å²) in [7, 11) is 1.89. The molecule has 0 aliphatic carbocycles. The molecule has 0 saturated carbocycles. The van der Waals surface area contributed by atoms with Crippen LogP contribution in [0.2, 0.25) is 0 Å². The molecule has 2 heterocycles. The van der Waals surface area contributed by atoms with Crippen LogP contribution in [0.1, 0.15) is 56.9 Å². The predicted octanol–water partition coefficient (Wildman–Crippen LogP) is 3.47. The third kappa shape index (κ3) is 8.35. The van der Waals surface area contributed by atoms with Gasteiger partial charge in [0.2, 0.25) is 0 Å². The molecule has 29 heavy (non-hydrogen) atoms. The van der Waals surface area contributed by atoms with Crippen LogP contribution in [0.25, 0.3) is 0 Å². The van der Waals surface area contributed by atoms with E-state index >= 15 is 0 Å². The molecule has 0 unspecified atom stereocenters. The van der Waals surface area contributed by atoms with Gasteiger partial charge in [0, 0.05) is 39.3 Å². The molecule has 2 N–H and O–H groups in total. The summed E-state index contributed by atoms with van der Waals surface area (Å²) < 4.78 is 0. The molecule has 0 aromatic heterocycles. The highest BCUT2D eigenvalue weighted by molar-refractivity contribution is 5.79. The molecule has 2 saturated heterocycles. The average Bonchev–Trinajstić information content (AvgIpc) is 2.78. The number of rotatable bonds is 9. The summed E-state index contributed by atoms with van der Waals surface area (Å²) in [5, 5.41) is 7.15. The largest absolute Gasteiger partial charge is 0.356 e. The molecule has 162 valence electrons. The fourth-order valence-corrected chi connectivity index (χ4v) is 4.49. The monoisotopic (exact) mass is 399 g/mol. The van der Waals surface area contributed by atoms with Crippen molar-refractivity contribution >= 4 is 5.96 Å². The number of hydrogen-bond donors (Lipinski definition) is 2. The van der Waals surface area contributed by atoms with E-state index in [0.29, 0.717) is 6.04 Å². The summed E-state index contributed by atoms with van der Waals surface area (Å²) in [6.45, 7) is 8.32. The SMILES string of the molecule is CN=C(NCCCCCN1CCCCC1)NC1CCN(Cc2ccccc2)CC1. The van der Waals surface area contributed by atoms with Crippen LogP contribution in [0, 0.1) is 0 Å². The van der Waals surface area contributed by atoms with Crippen LogP contribution < -0.4 is 10.6 Å². The Kier molecular flexibility index (Phi) is 9.80. The number of nitrogens with zero attached hydrogens (tertiary/aromatic N) is 3. The van der Waals surface area contributed by atoms with Gasteiger partial charge in [0.05, 0.1) is 0 Å². The van der Waals surface area contributed by atoms with Gasteiger partial charge in [-0.3, -0.25) is 9.89 Å². The van der Waals surface area contributed by atoms with Gasteiger partial charge in [-0.05, 0) is 63.7 Å². The fraction of sp³-hybridized carbons (Fsp3) is 0.708. The first-order valence-corrected chi connectivity index (χ1v) is 11.8.